The molecule has 252 valence electrons. The Balaban J connectivity index is 1.25. The quantitative estimate of drug-likeness (QED) is 0.186. The Kier molecular flexibility index (Phi) is 10.3. The zero-order chi connectivity index (χ0) is 34.3. The fourth-order valence-electron chi connectivity index (χ4n) is 6.41. The van der Waals surface area contributed by atoms with Gasteiger partial charge < -0.3 is 35.1 Å². The zero-order valence-corrected chi connectivity index (χ0v) is 28.3. The van der Waals surface area contributed by atoms with E-state index >= 15 is 0 Å². The first kappa shape index (κ1) is 33.4. The van der Waals surface area contributed by atoms with Crippen molar-refractivity contribution in [2.24, 2.45) is 5.92 Å². The van der Waals surface area contributed by atoms with Crippen LogP contribution in [0.4, 0.5) is 16.2 Å². The molecule has 0 aliphatic carbocycles. The summed E-state index contributed by atoms with van der Waals surface area (Å²) in [5, 5.41) is 6.15. The van der Waals surface area contributed by atoms with Crippen LogP contribution in [0.5, 0.6) is 0 Å². The number of likely N-dealkylation sites (tertiary alicyclic amines) is 1. The number of anilines is 2. The summed E-state index contributed by atoms with van der Waals surface area (Å²) in [6, 6.07) is 15.6. The predicted molar refractivity (Wildman–Crippen MR) is 189 cm³/mol. The lowest BCUT2D eigenvalue weighted by Crippen LogP contribution is -2.51. The van der Waals surface area contributed by atoms with Crippen LogP contribution in [0.25, 0.3) is 11.3 Å². The molecule has 4 aromatic rings. The number of hydrogen-bond donors (Lipinski definition) is 4. The van der Waals surface area contributed by atoms with Gasteiger partial charge in [0.25, 0.3) is 0 Å². The third-order valence-corrected chi connectivity index (χ3v) is 9.09. The molecule has 4 N–H and O–H groups in total. The lowest BCUT2D eigenvalue weighted by molar-refractivity contribution is -0.135. The first-order valence-corrected chi connectivity index (χ1v) is 16.8. The number of aromatic amines is 2. The number of alkyl carbamates (subject to hydrolysis) is 1. The number of nitrogens with one attached hydrogen (secondary N) is 4. The summed E-state index contributed by atoms with van der Waals surface area (Å²) in [7, 11) is 3.31. The van der Waals surface area contributed by atoms with Gasteiger partial charge in [-0.05, 0) is 80.2 Å². The van der Waals surface area contributed by atoms with Crippen molar-refractivity contribution in [3.05, 3.63) is 83.8 Å². The molecular formula is C38H42N8O3. The highest BCUT2D eigenvalue weighted by molar-refractivity contribution is 5.86. The highest BCUT2D eigenvalue weighted by atomic mass is 16.5. The van der Waals surface area contributed by atoms with Crippen LogP contribution in [0.2, 0.25) is 0 Å². The minimum Gasteiger partial charge on any atom is -0.453 e. The lowest BCUT2D eigenvalue weighted by Gasteiger charge is -2.30. The molecule has 0 saturated carbocycles. The molecule has 0 bridgehead atoms. The smallest absolute Gasteiger partial charge is 0.407 e. The topological polar surface area (TPSA) is 131 Å². The molecular weight excluding hydrogens is 616 g/mol. The molecule has 0 unspecified atom stereocenters. The summed E-state index contributed by atoms with van der Waals surface area (Å²) < 4.78 is 4.77. The Hall–Kier alpha value is -5.52. The van der Waals surface area contributed by atoms with E-state index in [0.29, 0.717) is 12.4 Å². The number of carbonyl (C=O) groups is 2. The molecule has 49 heavy (non-hydrogen) atoms. The van der Waals surface area contributed by atoms with Crippen LogP contribution in [0.1, 0.15) is 74.5 Å². The van der Waals surface area contributed by atoms with E-state index < -0.39 is 12.1 Å². The first-order valence-electron chi connectivity index (χ1n) is 16.8. The second-order valence-electron chi connectivity index (χ2n) is 12.7. The maximum atomic E-state index is 13.6. The maximum absolute atomic E-state index is 13.6. The number of hydrogen-bond acceptors (Lipinski definition) is 7. The van der Waals surface area contributed by atoms with Crippen molar-refractivity contribution in [3.63, 3.8) is 0 Å². The van der Waals surface area contributed by atoms with Crippen molar-refractivity contribution in [1.82, 2.24) is 35.5 Å². The number of rotatable bonds is 8. The Morgan fingerprint density at radius 1 is 1.00 bits per heavy atom. The van der Waals surface area contributed by atoms with Gasteiger partial charge in [-0.15, -0.1) is 0 Å². The molecule has 6 rings (SSSR count). The molecule has 11 nitrogen and oxygen atoms in total. The fourth-order valence-corrected chi connectivity index (χ4v) is 6.41. The number of ether oxygens (including phenoxy) is 1. The van der Waals surface area contributed by atoms with E-state index in [1.807, 2.05) is 56.1 Å². The highest BCUT2D eigenvalue weighted by Gasteiger charge is 2.37. The second kappa shape index (κ2) is 15.1. The Morgan fingerprint density at radius 3 is 2.55 bits per heavy atom. The molecule has 0 spiro atoms. The number of aromatic nitrogens is 4. The van der Waals surface area contributed by atoms with Crippen molar-refractivity contribution in [2.75, 3.05) is 32.1 Å². The molecule has 3 atom stereocenters. The van der Waals surface area contributed by atoms with Gasteiger partial charge in [-0.2, -0.15) is 0 Å². The number of carbonyl (C=O) groups excluding carboxylic acids is 2. The zero-order valence-electron chi connectivity index (χ0n) is 28.3. The van der Waals surface area contributed by atoms with Crippen LogP contribution in [0.15, 0.2) is 60.9 Å². The van der Waals surface area contributed by atoms with Crippen molar-refractivity contribution in [1.29, 1.82) is 0 Å². The molecule has 2 aliphatic rings. The van der Waals surface area contributed by atoms with Crippen LogP contribution in [-0.2, 0) is 9.53 Å². The van der Waals surface area contributed by atoms with E-state index in [4.69, 9.17) is 9.72 Å². The normalized spacial score (nSPS) is 17.5. The average molecular weight is 659 g/mol. The molecule has 2 aromatic carbocycles. The first-order chi connectivity index (χ1) is 23.8. The number of nitrogens with zero attached hydrogens (tertiary/aromatic N) is 4. The van der Waals surface area contributed by atoms with E-state index in [2.05, 4.69) is 72.4 Å². The van der Waals surface area contributed by atoms with Gasteiger partial charge in [0.15, 0.2) is 0 Å². The summed E-state index contributed by atoms with van der Waals surface area (Å²) in [4.78, 5) is 45.5. The average Bonchev–Trinajstić information content (AvgIpc) is 3.95. The molecule has 2 aliphatic heterocycles. The number of H-pyrrole nitrogens is 2. The van der Waals surface area contributed by atoms with Gasteiger partial charge in [-0.3, -0.25) is 4.79 Å². The van der Waals surface area contributed by atoms with Crippen LogP contribution >= 0.6 is 0 Å². The molecule has 2 saturated heterocycles. The lowest BCUT2D eigenvalue weighted by atomic mass is 10.0. The summed E-state index contributed by atoms with van der Waals surface area (Å²) in [6.45, 7) is 5.41. The number of methoxy groups -OCH3 is 1. The Morgan fingerprint density at radius 2 is 1.80 bits per heavy atom. The standard InChI is InChI=1S/C38H42N8O3/c1-25(2)34(44-38(48)49-4)37(47)46-21-11-17-32(46)36-41-24-31(43-36)27-19-18-26(33(22-27)45(3)29-14-6-5-7-15-29)12-8-9-13-28-23-40-35(42-28)30-16-10-20-39-30/h5-7,14-15,18-19,22-25,30,32,34,39H,10-11,16-17,20-21H2,1-4H3,(H,40,42)(H,41,43)(H,44,48)/t30-,32-,34-/m0/s1. The van der Waals surface area contributed by atoms with Crippen molar-refractivity contribution < 1.29 is 14.3 Å². The second-order valence-corrected chi connectivity index (χ2v) is 12.7. The van der Waals surface area contributed by atoms with Gasteiger partial charge in [-0.1, -0.05) is 44.0 Å². The van der Waals surface area contributed by atoms with Crippen LogP contribution in [0, 0.1) is 29.6 Å². The Bertz CT molecular complexity index is 1900. The van der Waals surface area contributed by atoms with Crippen LogP contribution < -0.4 is 15.5 Å². The SMILES string of the molecule is COC(=O)N[C@H](C(=O)N1CCC[C@H]1c1ncc(-c2ccc(C#CC#Cc3cnc([C@@H]4CCCN4)[nH]3)c(N(C)c3ccccc3)c2)[nH]1)C(C)C. The molecule has 2 fully saturated rings. The summed E-state index contributed by atoms with van der Waals surface area (Å²) in [5.74, 6) is 13.7. The number of amides is 2. The van der Waals surface area contributed by atoms with E-state index in [0.717, 1.165) is 71.9 Å². The van der Waals surface area contributed by atoms with Crippen LogP contribution in [0.3, 0.4) is 0 Å². The van der Waals surface area contributed by atoms with Crippen LogP contribution in [-0.4, -0.2) is 70.1 Å². The van der Waals surface area contributed by atoms with E-state index in [1.165, 1.54) is 7.11 Å². The number of para-hydroxylation sites is 1. The van der Waals surface area contributed by atoms with Crippen molar-refractivity contribution >= 4 is 23.4 Å². The maximum Gasteiger partial charge on any atom is 0.407 e. The van der Waals surface area contributed by atoms with Gasteiger partial charge in [0.2, 0.25) is 5.91 Å². The van der Waals surface area contributed by atoms with Gasteiger partial charge in [0.05, 0.1) is 43.0 Å². The largest absolute Gasteiger partial charge is 0.453 e. The predicted octanol–water partition coefficient (Wildman–Crippen LogP) is 5.44. The minimum absolute atomic E-state index is 0.106. The summed E-state index contributed by atoms with van der Waals surface area (Å²) in [6.07, 6.45) is 6.78. The third kappa shape index (κ3) is 7.64. The van der Waals surface area contributed by atoms with Gasteiger partial charge in [-0.25, -0.2) is 14.8 Å². The molecule has 0 radical (unpaired) electrons. The van der Waals surface area contributed by atoms with Gasteiger partial charge in [0, 0.05) is 30.4 Å². The third-order valence-electron chi connectivity index (χ3n) is 9.09. The summed E-state index contributed by atoms with van der Waals surface area (Å²) in [5.41, 5.74) is 5.27. The minimum atomic E-state index is -0.692. The number of imidazole rings is 2. The molecule has 2 aromatic heterocycles. The van der Waals surface area contributed by atoms with E-state index in [9.17, 15) is 9.59 Å². The highest BCUT2D eigenvalue weighted by Crippen LogP contribution is 2.35. The number of benzene rings is 2. The molecule has 2 amide bonds. The van der Waals surface area contributed by atoms with Crippen molar-refractivity contribution in [3.8, 4) is 34.9 Å². The fraction of sp³-hybridized carbons (Fsp3) is 0.368. The molecule has 11 heteroatoms. The van der Waals surface area contributed by atoms with Gasteiger partial charge in [0.1, 0.15) is 23.4 Å². The Labute approximate surface area is 287 Å². The molecule has 4 heterocycles. The van der Waals surface area contributed by atoms with Crippen molar-refractivity contribution in [2.45, 2.75) is 57.7 Å². The monoisotopic (exact) mass is 658 g/mol. The van der Waals surface area contributed by atoms with Gasteiger partial charge >= 0.3 is 6.09 Å². The van der Waals surface area contributed by atoms with E-state index in [-0.39, 0.29) is 23.9 Å². The van der Waals surface area contributed by atoms with E-state index in [1.54, 1.807) is 12.4 Å². The summed E-state index contributed by atoms with van der Waals surface area (Å²) >= 11 is 0.